The van der Waals surface area contributed by atoms with Crippen LogP contribution in [0.2, 0.25) is 0 Å². The molecule has 0 saturated carbocycles. The quantitative estimate of drug-likeness (QED) is 0.574. The second-order valence-corrected chi connectivity index (χ2v) is 8.55. The van der Waals surface area contributed by atoms with Crippen LogP contribution >= 0.6 is 0 Å². The van der Waals surface area contributed by atoms with Crippen LogP contribution in [-0.4, -0.2) is 65.7 Å². The fraction of sp³-hybridized carbons (Fsp3) is 0.400. The molecule has 2 aliphatic rings. The zero-order chi connectivity index (χ0) is 22.6. The van der Waals surface area contributed by atoms with Gasteiger partial charge in [-0.15, -0.1) is 0 Å². The highest BCUT2D eigenvalue weighted by Gasteiger charge is 2.40. The molecular formula is C25H29N5O3. The van der Waals surface area contributed by atoms with E-state index in [4.69, 9.17) is 9.72 Å². The number of carbonyl (C=O) groups is 2. The molecule has 5 rings (SSSR count). The lowest BCUT2D eigenvalue weighted by Crippen LogP contribution is -2.39. The summed E-state index contributed by atoms with van der Waals surface area (Å²) >= 11 is 0. The van der Waals surface area contributed by atoms with Gasteiger partial charge in [0.2, 0.25) is 11.9 Å². The van der Waals surface area contributed by atoms with E-state index in [0.717, 1.165) is 55.9 Å². The number of nitrogens with one attached hydrogen (secondary N) is 1. The Morgan fingerprint density at radius 3 is 2.61 bits per heavy atom. The minimum atomic E-state index is -0.577. The molecule has 1 N–H and O–H groups in total. The van der Waals surface area contributed by atoms with Gasteiger partial charge in [-0.25, -0.2) is 4.98 Å². The summed E-state index contributed by atoms with van der Waals surface area (Å²) in [4.78, 5) is 35.1. The highest BCUT2D eigenvalue weighted by atomic mass is 16.5. The molecule has 1 atom stereocenters. The molecule has 1 aromatic heterocycles. The highest BCUT2D eigenvalue weighted by Crippen LogP contribution is 2.36. The molecule has 172 valence electrons. The molecule has 1 saturated heterocycles. The SMILES string of the molecule is O=C(C[C@@H]1C(=O)N(CCCN2CCOCC2)c2nc3ccccc3n21)NCc1ccccc1. The first-order valence-corrected chi connectivity index (χ1v) is 11.6. The average Bonchev–Trinajstić information content (AvgIpc) is 3.34. The van der Waals surface area contributed by atoms with Gasteiger partial charge in [-0.3, -0.25) is 24.0 Å². The third-order valence-corrected chi connectivity index (χ3v) is 6.35. The molecule has 0 aliphatic carbocycles. The Balaban J connectivity index is 1.30. The van der Waals surface area contributed by atoms with Gasteiger partial charge in [0.05, 0.1) is 30.7 Å². The number of carbonyl (C=O) groups excluding carboxylic acids is 2. The smallest absolute Gasteiger partial charge is 0.253 e. The Morgan fingerprint density at radius 1 is 1.03 bits per heavy atom. The Morgan fingerprint density at radius 2 is 1.79 bits per heavy atom. The van der Waals surface area contributed by atoms with Crippen LogP contribution in [0.15, 0.2) is 54.6 Å². The summed E-state index contributed by atoms with van der Waals surface area (Å²) in [5.74, 6) is 0.445. The Labute approximate surface area is 193 Å². The largest absolute Gasteiger partial charge is 0.379 e. The molecular weight excluding hydrogens is 418 g/mol. The molecule has 0 bridgehead atoms. The number of aromatic nitrogens is 2. The van der Waals surface area contributed by atoms with Crippen LogP contribution in [0.1, 0.15) is 24.4 Å². The molecule has 3 heterocycles. The lowest BCUT2D eigenvalue weighted by atomic mass is 10.1. The van der Waals surface area contributed by atoms with Crippen molar-refractivity contribution < 1.29 is 14.3 Å². The lowest BCUT2D eigenvalue weighted by molar-refractivity contribution is -0.127. The summed E-state index contributed by atoms with van der Waals surface area (Å²) < 4.78 is 7.36. The van der Waals surface area contributed by atoms with E-state index in [1.807, 2.05) is 59.2 Å². The number of morpholine rings is 1. The fourth-order valence-corrected chi connectivity index (χ4v) is 4.63. The van der Waals surface area contributed by atoms with E-state index in [9.17, 15) is 9.59 Å². The maximum Gasteiger partial charge on any atom is 0.253 e. The van der Waals surface area contributed by atoms with Gasteiger partial charge in [0, 0.05) is 32.7 Å². The van der Waals surface area contributed by atoms with E-state index in [1.54, 1.807) is 4.90 Å². The summed E-state index contributed by atoms with van der Waals surface area (Å²) in [5.41, 5.74) is 2.76. The number of fused-ring (bicyclic) bond motifs is 3. The second kappa shape index (κ2) is 9.72. The van der Waals surface area contributed by atoms with Gasteiger partial charge >= 0.3 is 0 Å². The monoisotopic (exact) mass is 447 g/mol. The van der Waals surface area contributed by atoms with Crippen LogP contribution in [-0.2, 0) is 20.9 Å². The molecule has 0 unspecified atom stereocenters. The summed E-state index contributed by atoms with van der Waals surface area (Å²) in [6.07, 6.45) is 0.945. The predicted molar refractivity (Wildman–Crippen MR) is 126 cm³/mol. The standard InChI is InChI=1S/C25H29N5O3/c31-23(26-18-19-7-2-1-3-8-19)17-22-24(32)29(12-6-11-28-13-15-33-16-14-28)25-27-20-9-4-5-10-21(20)30(22)25/h1-5,7-10,22H,6,11-18H2,(H,26,31)/t22-/m1/s1. The summed E-state index contributed by atoms with van der Waals surface area (Å²) in [5, 5.41) is 2.96. The van der Waals surface area contributed by atoms with Crippen molar-refractivity contribution in [3.05, 3.63) is 60.2 Å². The number of nitrogens with zero attached hydrogens (tertiary/aromatic N) is 4. The maximum absolute atomic E-state index is 13.4. The van der Waals surface area contributed by atoms with Crippen molar-refractivity contribution in [2.24, 2.45) is 0 Å². The van der Waals surface area contributed by atoms with E-state index in [2.05, 4.69) is 10.2 Å². The van der Waals surface area contributed by atoms with E-state index in [-0.39, 0.29) is 18.2 Å². The number of amides is 2. The van der Waals surface area contributed by atoms with Gasteiger partial charge in [0.15, 0.2) is 0 Å². The Bertz CT molecular complexity index is 1120. The molecule has 0 radical (unpaired) electrons. The van der Waals surface area contributed by atoms with Crippen LogP contribution < -0.4 is 10.2 Å². The number of para-hydroxylation sites is 2. The zero-order valence-corrected chi connectivity index (χ0v) is 18.7. The van der Waals surface area contributed by atoms with Gasteiger partial charge in [0.1, 0.15) is 6.04 Å². The van der Waals surface area contributed by atoms with Crippen LogP contribution in [0.4, 0.5) is 5.95 Å². The summed E-state index contributed by atoms with van der Waals surface area (Å²) in [6, 6.07) is 17.0. The van der Waals surface area contributed by atoms with Gasteiger partial charge in [-0.1, -0.05) is 42.5 Å². The molecule has 8 heteroatoms. The van der Waals surface area contributed by atoms with Gasteiger partial charge in [-0.05, 0) is 24.1 Å². The number of benzene rings is 2. The van der Waals surface area contributed by atoms with Crippen molar-refractivity contribution in [1.82, 2.24) is 19.8 Å². The van der Waals surface area contributed by atoms with Crippen molar-refractivity contribution in [3.8, 4) is 0 Å². The zero-order valence-electron chi connectivity index (χ0n) is 18.7. The summed E-state index contributed by atoms with van der Waals surface area (Å²) in [6.45, 7) is 5.32. The first-order valence-electron chi connectivity index (χ1n) is 11.6. The van der Waals surface area contributed by atoms with E-state index in [1.165, 1.54) is 0 Å². The molecule has 8 nitrogen and oxygen atoms in total. The molecule has 1 fully saturated rings. The van der Waals surface area contributed by atoms with Crippen molar-refractivity contribution in [3.63, 3.8) is 0 Å². The number of hydrogen-bond acceptors (Lipinski definition) is 5. The third-order valence-electron chi connectivity index (χ3n) is 6.35. The number of imidazole rings is 1. The topological polar surface area (TPSA) is 79.7 Å². The number of anilines is 1. The third kappa shape index (κ3) is 4.62. The second-order valence-electron chi connectivity index (χ2n) is 8.55. The molecule has 0 spiro atoms. The van der Waals surface area contributed by atoms with E-state index in [0.29, 0.717) is 19.0 Å². The molecule has 2 amide bonds. The molecule has 2 aromatic carbocycles. The minimum Gasteiger partial charge on any atom is -0.379 e. The normalized spacial score (nSPS) is 18.6. The number of ether oxygens (including phenoxy) is 1. The number of hydrogen-bond donors (Lipinski definition) is 1. The predicted octanol–water partition coefficient (Wildman–Crippen LogP) is 2.35. The van der Waals surface area contributed by atoms with Gasteiger partial charge < -0.3 is 10.1 Å². The van der Waals surface area contributed by atoms with Crippen LogP contribution in [0, 0.1) is 0 Å². The van der Waals surface area contributed by atoms with Crippen LogP contribution in [0.5, 0.6) is 0 Å². The fourth-order valence-electron chi connectivity index (χ4n) is 4.63. The lowest BCUT2D eigenvalue weighted by Gasteiger charge is -2.27. The van der Waals surface area contributed by atoms with Crippen molar-refractivity contribution in [2.75, 3.05) is 44.3 Å². The molecule has 33 heavy (non-hydrogen) atoms. The minimum absolute atomic E-state index is 0.0555. The first kappa shape index (κ1) is 21.6. The van der Waals surface area contributed by atoms with E-state index < -0.39 is 6.04 Å². The first-order chi connectivity index (χ1) is 16.2. The van der Waals surface area contributed by atoms with E-state index >= 15 is 0 Å². The van der Waals surface area contributed by atoms with Crippen LogP contribution in [0.3, 0.4) is 0 Å². The average molecular weight is 448 g/mol. The maximum atomic E-state index is 13.4. The summed E-state index contributed by atoms with van der Waals surface area (Å²) in [7, 11) is 0. The van der Waals surface area contributed by atoms with Crippen LogP contribution in [0.25, 0.3) is 11.0 Å². The Hall–Kier alpha value is -3.23. The van der Waals surface area contributed by atoms with Gasteiger partial charge in [-0.2, -0.15) is 0 Å². The van der Waals surface area contributed by atoms with Crippen molar-refractivity contribution in [1.29, 1.82) is 0 Å². The number of rotatable bonds is 8. The van der Waals surface area contributed by atoms with Crippen molar-refractivity contribution >= 4 is 28.8 Å². The van der Waals surface area contributed by atoms with Gasteiger partial charge in [0.25, 0.3) is 5.91 Å². The highest BCUT2D eigenvalue weighted by molar-refractivity contribution is 6.03. The van der Waals surface area contributed by atoms with Crippen molar-refractivity contribution in [2.45, 2.75) is 25.4 Å². The molecule has 2 aliphatic heterocycles. The Kier molecular flexibility index (Phi) is 6.37. The molecule has 3 aromatic rings.